The van der Waals surface area contributed by atoms with Gasteiger partial charge in [0.05, 0.1) is 19.1 Å². The van der Waals surface area contributed by atoms with Crippen molar-refractivity contribution in [3.63, 3.8) is 0 Å². The fourth-order valence-electron chi connectivity index (χ4n) is 6.14. The van der Waals surface area contributed by atoms with Crippen LogP contribution >= 0.6 is 0 Å². The molecule has 3 heterocycles. The standard InChI is InChI=1S/C32H42N4O4/c1-22-17-23(2)34-30(37)27(22)20-33-31(38)28-18-25(24-7-5-4-6-8-24)19-29(35-26-9-13-39-14-10-26)32(28,3)21-36-11-15-40-16-12-36/h4-8,17-19,26,28,35H,9-16,20-21H2,1-3H3,(H,33,38)(H,34,37). The summed E-state index contributed by atoms with van der Waals surface area (Å²) in [4.78, 5) is 32.1. The van der Waals surface area contributed by atoms with Gasteiger partial charge in [0, 0.05) is 67.8 Å². The highest BCUT2D eigenvalue weighted by Gasteiger charge is 2.45. The third kappa shape index (κ3) is 6.40. The van der Waals surface area contributed by atoms with E-state index in [9.17, 15) is 9.59 Å². The van der Waals surface area contributed by atoms with E-state index in [1.54, 1.807) is 0 Å². The molecule has 5 rings (SSSR count). The number of hydrogen-bond donors (Lipinski definition) is 3. The number of rotatable bonds is 8. The molecule has 1 aliphatic carbocycles. The van der Waals surface area contributed by atoms with Crippen LogP contribution in [0.2, 0.25) is 0 Å². The fourth-order valence-corrected chi connectivity index (χ4v) is 6.14. The zero-order valence-electron chi connectivity index (χ0n) is 23.9. The molecule has 0 bridgehead atoms. The van der Waals surface area contributed by atoms with Gasteiger partial charge in [0.15, 0.2) is 0 Å². The van der Waals surface area contributed by atoms with Crippen LogP contribution in [0.25, 0.3) is 5.57 Å². The molecule has 8 nitrogen and oxygen atoms in total. The molecule has 2 saturated heterocycles. The van der Waals surface area contributed by atoms with Crippen LogP contribution in [0.4, 0.5) is 0 Å². The van der Waals surface area contributed by atoms with Crippen LogP contribution in [0.3, 0.4) is 0 Å². The number of allylic oxidation sites excluding steroid dienone is 2. The van der Waals surface area contributed by atoms with Gasteiger partial charge < -0.3 is 25.1 Å². The molecule has 2 fully saturated rings. The summed E-state index contributed by atoms with van der Waals surface area (Å²) in [5.74, 6) is -0.523. The molecule has 3 N–H and O–H groups in total. The number of aryl methyl sites for hydroxylation is 2. The van der Waals surface area contributed by atoms with Gasteiger partial charge in [-0.3, -0.25) is 14.5 Å². The lowest BCUT2D eigenvalue weighted by Gasteiger charge is -2.46. The second-order valence-electron chi connectivity index (χ2n) is 11.5. The number of carbonyl (C=O) groups excluding carboxylic acids is 1. The van der Waals surface area contributed by atoms with Crippen molar-refractivity contribution >= 4 is 11.5 Å². The maximum Gasteiger partial charge on any atom is 0.253 e. The zero-order valence-corrected chi connectivity index (χ0v) is 23.9. The molecule has 3 aliphatic rings. The second-order valence-corrected chi connectivity index (χ2v) is 11.5. The molecule has 2 atom stereocenters. The van der Waals surface area contributed by atoms with Gasteiger partial charge in [-0.25, -0.2) is 0 Å². The predicted molar refractivity (Wildman–Crippen MR) is 157 cm³/mol. The van der Waals surface area contributed by atoms with Crippen LogP contribution < -0.4 is 16.2 Å². The Bertz CT molecular complexity index is 1310. The summed E-state index contributed by atoms with van der Waals surface area (Å²) >= 11 is 0. The summed E-state index contributed by atoms with van der Waals surface area (Å²) < 4.78 is 11.3. The lowest BCUT2D eigenvalue weighted by atomic mass is 9.68. The first-order chi connectivity index (χ1) is 19.3. The van der Waals surface area contributed by atoms with E-state index < -0.39 is 11.3 Å². The summed E-state index contributed by atoms with van der Waals surface area (Å²) in [6.07, 6.45) is 6.22. The molecular weight excluding hydrogens is 504 g/mol. The number of morpholine rings is 1. The second kappa shape index (κ2) is 12.5. The summed E-state index contributed by atoms with van der Waals surface area (Å²) in [6.45, 7) is 11.4. The van der Waals surface area contributed by atoms with Crippen molar-refractivity contribution in [2.24, 2.45) is 11.3 Å². The number of pyridine rings is 1. The molecule has 1 aromatic heterocycles. The van der Waals surface area contributed by atoms with Crippen LogP contribution in [-0.4, -0.2) is 67.9 Å². The number of aromatic nitrogens is 1. The summed E-state index contributed by atoms with van der Waals surface area (Å²) in [7, 11) is 0. The van der Waals surface area contributed by atoms with E-state index in [0.29, 0.717) is 18.8 Å². The van der Waals surface area contributed by atoms with Gasteiger partial charge in [0.1, 0.15) is 0 Å². The number of benzene rings is 1. The number of ether oxygens (including phenoxy) is 2. The van der Waals surface area contributed by atoms with Gasteiger partial charge in [0.25, 0.3) is 5.56 Å². The monoisotopic (exact) mass is 546 g/mol. The Balaban J connectivity index is 1.50. The van der Waals surface area contributed by atoms with Crippen LogP contribution in [0.15, 0.2) is 59.0 Å². The van der Waals surface area contributed by atoms with E-state index in [0.717, 1.165) is 73.8 Å². The average Bonchev–Trinajstić information content (AvgIpc) is 2.95. The minimum atomic E-state index is -0.507. The van der Waals surface area contributed by atoms with Crippen molar-refractivity contribution in [3.05, 3.63) is 87.0 Å². The van der Waals surface area contributed by atoms with Gasteiger partial charge in [-0.15, -0.1) is 0 Å². The largest absolute Gasteiger partial charge is 0.385 e. The molecule has 8 heteroatoms. The number of H-pyrrole nitrogens is 1. The lowest BCUT2D eigenvalue weighted by Crippen LogP contribution is -2.54. The van der Waals surface area contributed by atoms with Gasteiger partial charge >= 0.3 is 0 Å². The maximum atomic E-state index is 14.1. The van der Waals surface area contributed by atoms with Crippen LogP contribution in [0.5, 0.6) is 0 Å². The SMILES string of the molecule is Cc1cc(C)c(CNC(=O)C2C=C(c3ccccc3)C=C(NC3CCOCC3)C2(C)CN2CCOCC2)c(=O)[nH]1. The Morgan fingerprint density at radius 1 is 1.07 bits per heavy atom. The van der Waals surface area contributed by atoms with Crippen molar-refractivity contribution in [2.45, 2.75) is 46.2 Å². The molecule has 40 heavy (non-hydrogen) atoms. The lowest BCUT2D eigenvalue weighted by molar-refractivity contribution is -0.127. The summed E-state index contributed by atoms with van der Waals surface area (Å²) in [5, 5.41) is 7.00. The van der Waals surface area contributed by atoms with E-state index in [1.807, 2.05) is 38.1 Å². The first kappa shape index (κ1) is 28.3. The fraction of sp³-hybridized carbons (Fsp3) is 0.500. The zero-order chi connectivity index (χ0) is 28.1. The smallest absolute Gasteiger partial charge is 0.253 e. The first-order valence-electron chi connectivity index (χ1n) is 14.4. The number of carbonyl (C=O) groups is 1. The summed E-state index contributed by atoms with van der Waals surface area (Å²) in [6, 6.07) is 12.5. The summed E-state index contributed by atoms with van der Waals surface area (Å²) in [5.41, 5.74) is 4.80. The number of hydrogen-bond acceptors (Lipinski definition) is 6. The number of nitrogens with one attached hydrogen (secondary N) is 3. The van der Waals surface area contributed by atoms with Gasteiger partial charge in [-0.2, -0.15) is 0 Å². The average molecular weight is 547 g/mol. The van der Waals surface area contributed by atoms with Gasteiger partial charge in [0.2, 0.25) is 5.91 Å². The Morgan fingerprint density at radius 3 is 2.48 bits per heavy atom. The Morgan fingerprint density at radius 2 is 1.77 bits per heavy atom. The molecule has 0 spiro atoms. The Hall–Kier alpha value is -3.20. The number of nitrogens with zero attached hydrogens (tertiary/aromatic N) is 1. The molecule has 2 unspecified atom stereocenters. The maximum absolute atomic E-state index is 14.1. The van der Waals surface area contributed by atoms with Crippen molar-refractivity contribution in [1.29, 1.82) is 0 Å². The quantitative estimate of drug-likeness (QED) is 0.470. The van der Waals surface area contributed by atoms with E-state index in [2.05, 4.69) is 51.7 Å². The first-order valence-corrected chi connectivity index (χ1v) is 14.4. The van der Waals surface area contributed by atoms with Crippen molar-refractivity contribution in [3.8, 4) is 0 Å². The molecule has 0 radical (unpaired) electrons. The van der Waals surface area contributed by atoms with Gasteiger partial charge in [-0.05, 0) is 55.5 Å². The van der Waals surface area contributed by atoms with Crippen molar-refractivity contribution in [2.75, 3.05) is 46.1 Å². The molecule has 0 saturated carbocycles. The third-order valence-electron chi connectivity index (χ3n) is 8.51. The van der Waals surface area contributed by atoms with E-state index in [-0.39, 0.29) is 24.1 Å². The van der Waals surface area contributed by atoms with E-state index in [4.69, 9.17) is 9.47 Å². The predicted octanol–water partition coefficient (Wildman–Crippen LogP) is 3.31. The topological polar surface area (TPSA) is 95.7 Å². The van der Waals surface area contributed by atoms with Crippen LogP contribution in [0.1, 0.15) is 42.1 Å². The molecule has 1 amide bonds. The molecule has 2 aromatic rings. The Kier molecular flexibility index (Phi) is 8.88. The van der Waals surface area contributed by atoms with Crippen molar-refractivity contribution < 1.29 is 14.3 Å². The van der Waals surface area contributed by atoms with Crippen LogP contribution in [-0.2, 0) is 20.8 Å². The highest BCUT2D eigenvalue weighted by Crippen LogP contribution is 2.43. The van der Waals surface area contributed by atoms with Gasteiger partial charge in [-0.1, -0.05) is 43.3 Å². The normalized spacial score (nSPS) is 24.2. The number of amides is 1. The van der Waals surface area contributed by atoms with E-state index in [1.165, 1.54) is 0 Å². The Labute approximate surface area is 236 Å². The van der Waals surface area contributed by atoms with Crippen LogP contribution in [0, 0.1) is 25.2 Å². The molecule has 214 valence electrons. The molecule has 1 aromatic carbocycles. The van der Waals surface area contributed by atoms with E-state index >= 15 is 0 Å². The minimum Gasteiger partial charge on any atom is -0.385 e. The number of aromatic amines is 1. The molecule has 2 aliphatic heterocycles. The highest BCUT2D eigenvalue weighted by molar-refractivity contribution is 5.88. The molecular formula is C32H42N4O4. The third-order valence-corrected chi connectivity index (χ3v) is 8.51. The minimum absolute atomic E-state index is 0.0806. The highest BCUT2D eigenvalue weighted by atomic mass is 16.5. The van der Waals surface area contributed by atoms with Crippen molar-refractivity contribution in [1.82, 2.24) is 20.5 Å².